The molecule has 4 aliphatic rings. The predicted octanol–water partition coefficient (Wildman–Crippen LogP) is 2.48. The molecule has 124 valence electrons. The minimum atomic E-state index is -0.377. The average molecular weight is 345 g/mol. The van der Waals surface area contributed by atoms with E-state index in [-0.39, 0.29) is 47.9 Å². The second-order valence-corrected chi connectivity index (χ2v) is 7.10. The van der Waals surface area contributed by atoms with Gasteiger partial charge in [0.25, 0.3) is 0 Å². The Labute approximate surface area is 144 Å². The highest BCUT2D eigenvalue weighted by Crippen LogP contribution is 2.49. The summed E-state index contributed by atoms with van der Waals surface area (Å²) in [7, 11) is 0. The summed E-state index contributed by atoms with van der Waals surface area (Å²) in [6, 6.07) is 6.69. The fourth-order valence-electron chi connectivity index (χ4n) is 4.17. The van der Waals surface area contributed by atoms with Gasteiger partial charge in [0.2, 0.25) is 17.7 Å². The number of hydrogen-bond acceptors (Lipinski definition) is 3. The van der Waals surface area contributed by atoms with Crippen LogP contribution in [0.5, 0.6) is 0 Å². The first-order valence-corrected chi connectivity index (χ1v) is 8.51. The van der Waals surface area contributed by atoms with Crippen LogP contribution >= 0.6 is 11.6 Å². The lowest BCUT2D eigenvalue weighted by Gasteiger charge is -2.38. The molecule has 2 fully saturated rings. The zero-order valence-corrected chi connectivity index (χ0v) is 13.7. The smallest absolute Gasteiger partial charge is 0.244 e. The van der Waals surface area contributed by atoms with E-state index in [1.54, 1.807) is 24.3 Å². The second-order valence-electron chi connectivity index (χ2n) is 6.66. The van der Waals surface area contributed by atoms with Crippen molar-refractivity contribution >= 4 is 35.0 Å². The van der Waals surface area contributed by atoms with Crippen LogP contribution in [0.1, 0.15) is 12.8 Å². The topological polar surface area (TPSA) is 66.5 Å². The number of allylic oxidation sites excluding steroid dienone is 2. The van der Waals surface area contributed by atoms with Crippen molar-refractivity contribution in [2.24, 2.45) is 23.7 Å². The lowest BCUT2D eigenvalue weighted by molar-refractivity contribution is -0.142. The number of rotatable bonds is 3. The summed E-state index contributed by atoms with van der Waals surface area (Å²) in [4.78, 5) is 38.7. The maximum absolute atomic E-state index is 12.6. The van der Waals surface area contributed by atoms with Gasteiger partial charge in [0.05, 0.1) is 11.8 Å². The molecule has 1 N–H and O–H groups in total. The number of nitrogens with zero attached hydrogens (tertiary/aromatic N) is 1. The van der Waals surface area contributed by atoms with Gasteiger partial charge in [-0.15, -0.1) is 0 Å². The van der Waals surface area contributed by atoms with E-state index in [9.17, 15) is 14.4 Å². The molecule has 2 bridgehead atoms. The molecular formula is C18H17ClN2O3. The van der Waals surface area contributed by atoms with E-state index in [0.29, 0.717) is 10.7 Å². The molecule has 1 saturated heterocycles. The molecule has 6 heteroatoms. The van der Waals surface area contributed by atoms with Gasteiger partial charge < -0.3 is 5.32 Å². The fourth-order valence-corrected chi connectivity index (χ4v) is 4.30. The van der Waals surface area contributed by atoms with Crippen molar-refractivity contribution in [3.05, 3.63) is 41.4 Å². The van der Waals surface area contributed by atoms with Gasteiger partial charge >= 0.3 is 0 Å². The molecule has 1 aromatic carbocycles. The number of hydrogen-bond donors (Lipinski definition) is 1. The fraction of sp³-hybridized carbons (Fsp3) is 0.389. The Hall–Kier alpha value is -2.14. The highest BCUT2D eigenvalue weighted by molar-refractivity contribution is 6.30. The molecule has 1 heterocycles. The summed E-state index contributed by atoms with van der Waals surface area (Å²) in [5.74, 6) is -1.04. The molecule has 0 unspecified atom stereocenters. The van der Waals surface area contributed by atoms with Crippen molar-refractivity contribution in [3.63, 3.8) is 0 Å². The zero-order chi connectivity index (χ0) is 16.8. The SMILES string of the molecule is O=C(CN1C(=O)[C@@H]2[C@H](C1=O)[C@H]1C=C[C@H]2CC1)Nc1ccc(Cl)cc1. The molecule has 0 radical (unpaired) electrons. The van der Waals surface area contributed by atoms with E-state index in [2.05, 4.69) is 17.5 Å². The molecule has 0 aromatic heterocycles. The van der Waals surface area contributed by atoms with Crippen LogP contribution in [0.15, 0.2) is 36.4 Å². The summed E-state index contributed by atoms with van der Waals surface area (Å²) in [6.07, 6.45) is 6.04. The summed E-state index contributed by atoms with van der Waals surface area (Å²) in [5, 5.41) is 3.27. The second kappa shape index (κ2) is 5.74. The standard InChI is InChI=1S/C18H17ClN2O3/c19-12-5-7-13(8-6-12)20-14(22)9-21-17(23)15-10-1-2-11(4-3-10)16(15)18(21)24/h1-2,5-8,10-11,15-16H,3-4,9H2,(H,20,22)/t10-,11-,15-,16+/m0/s1. The van der Waals surface area contributed by atoms with E-state index in [1.165, 1.54) is 0 Å². The number of carbonyl (C=O) groups excluding carboxylic acids is 3. The zero-order valence-electron chi connectivity index (χ0n) is 12.9. The van der Waals surface area contributed by atoms with Gasteiger partial charge in [-0.3, -0.25) is 19.3 Å². The number of likely N-dealkylation sites (tertiary alicyclic amines) is 1. The average Bonchev–Trinajstić information content (AvgIpc) is 2.85. The van der Waals surface area contributed by atoms with Crippen molar-refractivity contribution in [1.29, 1.82) is 0 Å². The molecule has 1 saturated carbocycles. The van der Waals surface area contributed by atoms with E-state index < -0.39 is 0 Å². The monoisotopic (exact) mass is 344 g/mol. The van der Waals surface area contributed by atoms with Crippen molar-refractivity contribution in [3.8, 4) is 0 Å². The number of nitrogens with one attached hydrogen (secondary N) is 1. The van der Waals surface area contributed by atoms with Crippen molar-refractivity contribution < 1.29 is 14.4 Å². The first-order chi connectivity index (χ1) is 11.5. The Bertz CT molecular complexity index is 711. The number of fused-ring (bicyclic) bond motifs is 1. The summed E-state index contributed by atoms with van der Waals surface area (Å²) < 4.78 is 0. The van der Waals surface area contributed by atoms with Crippen LogP contribution in [0.25, 0.3) is 0 Å². The van der Waals surface area contributed by atoms with Crippen LogP contribution in [0, 0.1) is 23.7 Å². The molecule has 5 rings (SSSR count). The third kappa shape index (κ3) is 2.44. The Balaban J connectivity index is 1.47. The minimum absolute atomic E-state index is 0.140. The van der Waals surface area contributed by atoms with Crippen LogP contribution < -0.4 is 5.32 Å². The number of benzene rings is 1. The number of imide groups is 1. The number of anilines is 1. The van der Waals surface area contributed by atoms with Gasteiger partial charge in [-0.1, -0.05) is 23.8 Å². The van der Waals surface area contributed by atoms with Gasteiger partial charge in [0.1, 0.15) is 6.54 Å². The first-order valence-electron chi connectivity index (χ1n) is 8.13. The molecule has 1 aromatic rings. The maximum atomic E-state index is 12.6. The Morgan fingerprint density at radius 2 is 1.58 bits per heavy atom. The van der Waals surface area contributed by atoms with Crippen LogP contribution in [0.4, 0.5) is 5.69 Å². The maximum Gasteiger partial charge on any atom is 0.244 e. The van der Waals surface area contributed by atoms with E-state index in [4.69, 9.17) is 11.6 Å². The van der Waals surface area contributed by atoms with Gasteiger partial charge in [-0.05, 0) is 48.9 Å². The van der Waals surface area contributed by atoms with E-state index >= 15 is 0 Å². The molecule has 3 aliphatic carbocycles. The van der Waals surface area contributed by atoms with Gasteiger partial charge in [0.15, 0.2) is 0 Å². The molecule has 5 nitrogen and oxygen atoms in total. The third-order valence-electron chi connectivity index (χ3n) is 5.28. The number of amides is 3. The Kier molecular flexibility index (Phi) is 3.68. The summed E-state index contributed by atoms with van der Waals surface area (Å²) in [5.41, 5.74) is 0.586. The van der Waals surface area contributed by atoms with Crippen molar-refractivity contribution in [2.45, 2.75) is 12.8 Å². The summed E-state index contributed by atoms with van der Waals surface area (Å²) >= 11 is 5.81. The summed E-state index contributed by atoms with van der Waals surface area (Å²) in [6.45, 7) is -0.229. The van der Waals surface area contributed by atoms with Gasteiger partial charge in [-0.25, -0.2) is 0 Å². The van der Waals surface area contributed by atoms with Gasteiger partial charge in [-0.2, -0.15) is 0 Å². The van der Waals surface area contributed by atoms with Crippen LogP contribution in [-0.2, 0) is 14.4 Å². The Morgan fingerprint density at radius 1 is 1.04 bits per heavy atom. The van der Waals surface area contributed by atoms with Crippen molar-refractivity contribution in [2.75, 3.05) is 11.9 Å². The minimum Gasteiger partial charge on any atom is -0.325 e. The first kappa shape index (κ1) is 15.4. The number of carbonyl (C=O) groups is 3. The van der Waals surface area contributed by atoms with Crippen LogP contribution in [-0.4, -0.2) is 29.2 Å². The predicted molar refractivity (Wildman–Crippen MR) is 89.1 cm³/mol. The normalized spacial score (nSPS) is 30.6. The third-order valence-corrected chi connectivity index (χ3v) is 5.53. The van der Waals surface area contributed by atoms with E-state index in [1.807, 2.05) is 0 Å². The molecule has 3 amide bonds. The van der Waals surface area contributed by atoms with E-state index in [0.717, 1.165) is 17.7 Å². The molecular weight excluding hydrogens is 328 g/mol. The van der Waals surface area contributed by atoms with Crippen LogP contribution in [0.2, 0.25) is 5.02 Å². The molecule has 1 aliphatic heterocycles. The molecule has 0 spiro atoms. The lowest BCUT2D eigenvalue weighted by Crippen LogP contribution is -2.38. The van der Waals surface area contributed by atoms with Crippen LogP contribution in [0.3, 0.4) is 0 Å². The molecule has 4 atom stereocenters. The van der Waals surface area contributed by atoms with Crippen molar-refractivity contribution in [1.82, 2.24) is 4.90 Å². The Morgan fingerprint density at radius 3 is 2.08 bits per heavy atom. The molecule has 24 heavy (non-hydrogen) atoms. The number of halogens is 1. The highest BCUT2D eigenvalue weighted by Gasteiger charge is 2.56. The lowest BCUT2D eigenvalue weighted by atomic mass is 9.63. The van der Waals surface area contributed by atoms with Gasteiger partial charge in [0, 0.05) is 10.7 Å². The highest BCUT2D eigenvalue weighted by atomic mass is 35.5. The quantitative estimate of drug-likeness (QED) is 0.676. The largest absolute Gasteiger partial charge is 0.325 e.